The van der Waals surface area contributed by atoms with Crippen LogP contribution < -0.4 is 10.6 Å². The number of ether oxygens (including phenoxy) is 2. The van der Waals surface area contributed by atoms with E-state index < -0.39 is 6.41 Å². The van der Waals surface area contributed by atoms with Gasteiger partial charge in [0.15, 0.2) is 5.11 Å². The van der Waals surface area contributed by atoms with Crippen LogP contribution in [0.15, 0.2) is 36.7 Å². The van der Waals surface area contributed by atoms with E-state index in [9.17, 15) is 0 Å². The Morgan fingerprint density at radius 2 is 1.91 bits per heavy atom. The molecule has 1 aromatic carbocycles. The van der Waals surface area contributed by atoms with Gasteiger partial charge >= 0.3 is 0 Å². The van der Waals surface area contributed by atoms with Gasteiger partial charge < -0.3 is 20.1 Å². The summed E-state index contributed by atoms with van der Waals surface area (Å²) in [4.78, 5) is 4.15. The third kappa shape index (κ3) is 5.27. The average Bonchev–Trinajstić information content (AvgIpc) is 3.02. The van der Waals surface area contributed by atoms with Crippen LogP contribution in [0.3, 0.4) is 0 Å². The Hall–Kier alpha value is -2.03. The van der Waals surface area contributed by atoms with E-state index in [1.807, 2.05) is 44.2 Å². The molecule has 1 heterocycles. The summed E-state index contributed by atoms with van der Waals surface area (Å²) in [6.07, 6.45) is 0.791. The van der Waals surface area contributed by atoms with Crippen molar-refractivity contribution in [3.8, 4) is 0 Å². The SMILES string of the molecule is CCOC(OCC)n1ncnc1NC(=S)NCc1ccccc1. The van der Waals surface area contributed by atoms with Gasteiger partial charge in [0.2, 0.25) is 5.95 Å². The lowest BCUT2D eigenvalue weighted by atomic mass is 10.2. The van der Waals surface area contributed by atoms with Gasteiger partial charge in [-0.2, -0.15) is 14.8 Å². The van der Waals surface area contributed by atoms with Crippen LogP contribution in [0, 0.1) is 0 Å². The summed E-state index contributed by atoms with van der Waals surface area (Å²) in [5.74, 6) is 0.461. The molecule has 1 aromatic heterocycles. The molecule has 0 saturated carbocycles. The van der Waals surface area contributed by atoms with Crippen molar-refractivity contribution in [2.75, 3.05) is 18.5 Å². The van der Waals surface area contributed by atoms with E-state index in [2.05, 4.69) is 20.7 Å². The summed E-state index contributed by atoms with van der Waals surface area (Å²) in [5, 5.41) is 10.7. The van der Waals surface area contributed by atoms with Crippen LogP contribution in [0.25, 0.3) is 0 Å². The van der Waals surface area contributed by atoms with E-state index >= 15 is 0 Å². The third-order valence-electron chi connectivity index (χ3n) is 2.91. The van der Waals surface area contributed by atoms with Crippen molar-refractivity contribution in [3.63, 3.8) is 0 Å². The molecule has 2 N–H and O–H groups in total. The zero-order chi connectivity index (χ0) is 16.5. The number of rotatable bonds is 8. The highest BCUT2D eigenvalue weighted by molar-refractivity contribution is 7.80. The Bertz CT molecular complexity index is 599. The highest BCUT2D eigenvalue weighted by Gasteiger charge is 2.17. The largest absolute Gasteiger partial charge is 0.358 e. The lowest BCUT2D eigenvalue weighted by Gasteiger charge is -2.19. The zero-order valence-corrected chi connectivity index (χ0v) is 14.0. The smallest absolute Gasteiger partial charge is 0.263 e. The van der Waals surface area contributed by atoms with E-state index in [1.165, 1.54) is 11.0 Å². The topological polar surface area (TPSA) is 73.2 Å². The van der Waals surface area contributed by atoms with Gasteiger partial charge in [0.25, 0.3) is 6.41 Å². The summed E-state index contributed by atoms with van der Waals surface area (Å²) >= 11 is 5.29. The Morgan fingerprint density at radius 3 is 2.57 bits per heavy atom. The van der Waals surface area contributed by atoms with E-state index in [1.54, 1.807) is 0 Å². The second-order valence-electron chi connectivity index (χ2n) is 4.54. The monoisotopic (exact) mass is 335 g/mol. The number of thiocarbonyl (C=S) groups is 1. The van der Waals surface area contributed by atoms with Crippen molar-refractivity contribution in [2.45, 2.75) is 26.8 Å². The Morgan fingerprint density at radius 1 is 1.22 bits per heavy atom. The first kappa shape index (κ1) is 17.3. The highest BCUT2D eigenvalue weighted by atomic mass is 32.1. The molecule has 0 bridgehead atoms. The molecule has 0 amide bonds. The minimum Gasteiger partial charge on any atom is -0.358 e. The van der Waals surface area contributed by atoms with Crippen molar-refractivity contribution in [1.82, 2.24) is 20.1 Å². The van der Waals surface area contributed by atoms with E-state index in [4.69, 9.17) is 21.7 Å². The first-order valence-electron chi connectivity index (χ1n) is 7.46. The Labute approximate surface area is 141 Å². The maximum absolute atomic E-state index is 5.51. The van der Waals surface area contributed by atoms with Crippen LogP contribution in [0.2, 0.25) is 0 Å². The third-order valence-corrected chi connectivity index (χ3v) is 3.16. The van der Waals surface area contributed by atoms with Crippen LogP contribution in [-0.4, -0.2) is 33.1 Å². The number of nitrogens with zero attached hydrogens (tertiary/aromatic N) is 3. The summed E-state index contributed by atoms with van der Waals surface area (Å²) in [6.45, 7) is 5.41. The zero-order valence-electron chi connectivity index (χ0n) is 13.2. The van der Waals surface area contributed by atoms with Gasteiger partial charge in [-0.15, -0.1) is 0 Å². The molecule has 0 atom stereocenters. The molecular formula is C15H21N5O2S. The van der Waals surface area contributed by atoms with Crippen LogP contribution in [0.5, 0.6) is 0 Å². The molecule has 0 aliphatic carbocycles. The van der Waals surface area contributed by atoms with Crippen LogP contribution in [0.4, 0.5) is 5.95 Å². The Kier molecular flexibility index (Phi) is 6.92. The molecule has 2 aromatic rings. The maximum Gasteiger partial charge on any atom is 0.263 e. The molecule has 2 rings (SSSR count). The molecule has 7 nitrogen and oxygen atoms in total. The minimum absolute atomic E-state index is 0.454. The van der Waals surface area contributed by atoms with Gasteiger partial charge in [0.05, 0.1) is 0 Å². The summed E-state index contributed by atoms with van der Waals surface area (Å²) < 4.78 is 12.5. The van der Waals surface area contributed by atoms with Crippen LogP contribution in [-0.2, 0) is 16.0 Å². The van der Waals surface area contributed by atoms with Gasteiger partial charge in [0, 0.05) is 19.8 Å². The molecule has 8 heteroatoms. The summed E-state index contributed by atoms with van der Waals surface area (Å²) in [7, 11) is 0. The van der Waals surface area contributed by atoms with E-state index in [-0.39, 0.29) is 0 Å². The predicted molar refractivity (Wildman–Crippen MR) is 91.8 cm³/mol. The lowest BCUT2D eigenvalue weighted by Crippen LogP contribution is -2.30. The van der Waals surface area contributed by atoms with Gasteiger partial charge in [0.1, 0.15) is 6.33 Å². The van der Waals surface area contributed by atoms with Crippen LogP contribution in [0.1, 0.15) is 25.8 Å². The maximum atomic E-state index is 5.51. The molecule has 0 saturated heterocycles. The van der Waals surface area contributed by atoms with Gasteiger partial charge in [-0.1, -0.05) is 30.3 Å². The second-order valence-corrected chi connectivity index (χ2v) is 4.95. The summed E-state index contributed by atoms with van der Waals surface area (Å²) in [5.41, 5.74) is 1.14. The van der Waals surface area contributed by atoms with Crippen LogP contribution >= 0.6 is 12.2 Å². The van der Waals surface area contributed by atoms with Gasteiger partial charge in [-0.3, -0.25) is 0 Å². The fourth-order valence-electron chi connectivity index (χ4n) is 1.89. The van der Waals surface area contributed by atoms with Crippen molar-refractivity contribution < 1.29 is 9.47 Å². The summed E-state index contributed by atoms with van der Waals surface area (Å²) in [6, 6.07) is 10.00. The van der Waals surface area contributed by atoms with Crippen molar-refractivity contribution >= 4 is 23.3 Å². The van der Waals surface area contributed by atoms with E-state index in [0.29, 0.717) is 30.8 Å². The molecular weight excluding hydrogens is 314 g/mol. The van der Waals surface area contributed by atoms with Crippen molar-refractivity contribution in [3.05, 3.63) is 42.2 Å². The first-order chi connectivity index (χ1) is 11.2. The molecule has 0 fully saturated rings. The molecule has 23 heavy (non-hydrogen) atoms. The highest BCUT2D eigenvalue weighted by Crippen LogP contribution is 2.14. The molecule has 0 unspecified atom stereocenters. The lowest BCUT2D eigenvalue weighted by molar-refractivity contribution is -0.191. The number of anilines is 1. The molecule has 0 aliphatic heterocycles. The number of aromatic nitrogens is 3. The fourth-order valence-corrected chi connectivity index (χ4v) is 2.06. The van der Waals surface area contributed by atoms with Crippen molar-refractivity contribution in [1.29, 1.82) is 0 Å². The number of hydrogen-bond donors (Lipinski definition) is 2. The van der Waals surface area contributed by atoms with Crippen molar-refractivity contribution in [2.24, 2.45) is 0 Å². The second kappa shape index (κ2) is 9.19. The number of benzene rings is 1. The standard InChI is InChI=1S/C15H21N5O2S/c1-3-21-15(22-4-2)20-13(17-11-18-20)19-14(23)16-10-12-8-6-5-7-9-12/h5-9,11,15H,3-4,10H2,1-2H3,(H2,16,17,18,19,23). The number of nitrogens with one attached hydrogen (secondary N) is 2. The predicted octanol–water partition coefficient (Wildman–Crippen LogP) is 2.29. The molecule has 0 radical (unpaired) electrons. The fraction of sp³-hybridized carbons (Fsp3) is 0.400. The molecule has 0 aliphatic rings. The van der Waals surface area contributed by atoms with Gasteiger partial charge in [-0.05, 0) is 31.6 Å². The molecule has 124 valence electrons. The quantitative estimate of drug-likeness (QED) is 0.566. The first-order valence-corrected chi connectivity index (χ1v) is 7.86. The Balaban J connectivity index is 1.94. The normalized spacial score (nSPS) is 10.7. The van der Waals surface area contributed by atoms with Gasteiger partial charge in [-0.25, -0.2) is 0 Å². The number of hydrogen-bond acceptors (Lipinski definition) is 5. The minimum atomic E-state index is -0.632. The molecule has 0 spiro atoms. The average molecular weight is 335 g/mol. The van der Waals surface area contributed by atoms with E-state index in [0.717, 1.165) is 5.56 Å².